The van der Waals surface area contributed by atoms with Crippen molar-refractivity contribution in [2.45, 2.75) is 137 Å². The summed E-state index contributed by atoms with van der Waals surface area (Å²) < 4.78 is 0. The first-order chi connectivity index (χ1) is 11.3. The SMILES string of the molecule is CCCCCCCC(CCC)CC(CCCCC)CCCCC. The summed E-state index contributed by atoms with van der Waals surface area (Å²) in [7, 11) is 0. The minimum Gasteiger partial charge on any atom is -0.0654 e. The summed E-state index contributed by atoms with van der Waals surface area (Å²) in [6.45, 7) is 9.37. The smallest absolute Gasteiger partial charge is 0.0412 e. The second kappa shape index (κ2) is 18.3. The van der Waals surface area contributed by atoms with Crippen molar-refractivity contribution in [1.29, 1.82) is 0 Å². The van der Waals surface area contributed by atoms with E-state index in [4.69, 9.17) is 0 Å². The van der Waals surface area contributed by atoms with E-state index in [-0.39, 0.29) is 0 Å². The van der Waals surface area contributed by atoms with E-state index in [2.05, 4.69) is 27.7 Å². The van der Waals surface area contributed by atoms with E-state index >= 15 is 0 Å². The predicted molar refractivity (Wildman–Crippen MR) is 108 cm³/mol. The maximum Gasteiger partial charge on any atom is -0.0412 e. The lowest BCUT2D eigenvalue weighted by Crippen LogP contribution is -2.10. The van der Waals surface area contributed by atoms with Crippen LogP contribution in [0.25, 0.3) is 0 Å². The number of unbranched alkanes of at least 4 members (excludes halogenated alkanes) is 8. The van der Waals surface area contributed by atoms with Crippen LogP contribution in [0.15, 0.2) is 0 Å². The van der Waals surface area contributed by atoms with E-state index in [1.54, 1.807) is 0 Å². The van der Waals surface area contributed by atoms with Crippen LogP contribution < -0.4 is 0 Å². The van der Waals surface area contributed by atoms with Crippen LogP contribution in [-0.2, 0) is 0 Å². The molecule has 0 heteroatoms. The second-order valence-electron chi connectivity index (χ2n) is 7.95. The Morgan fingerprint density at radius 1 is 0.391 bits per heavy atom. The van der Waals surface area contributed by atoms with Crippen molar-refractivity contribution in [2.24, 2.45) is 11.8 Å². The van der Waals surface area contributed by atoms with E-state index in [0.717, 1.165) is 11.8 Å². The number of hydrogen-bond donors (Lipinski definition) is 0. The monoisotopic (exact) mass is 324 g/mol. The van der Waals surface area contributed by atoms with Crippen LogP contribution in [-0.4, -0.2) is 0 Å². The van der Waals surface area contributed by atoms with E-state index in [9.17, 15) is 0 Å². The molecule has 0 aliphatic rings. The largest absolute Gasteiger partial charge is 0.0654 e. The van der Waals surface area contributed by atoms with Gasteiger partial charge < -0.3 is 0 Å². The van der Waals surface area contributed by atoms with E-state index in [1.165, 1.54) is 109 Å². The molecule has 0 saturated heterocycles. The third-order valence-corrected chi connectivity index (χ3v) is 5.51. The summed E-state index contributed by atoms with van der Waals surface area (Å²) in [5, 5.41) is 0. The number of hydrogen-bond acceptors (Lipinski definition) is 0. The second-order valence-corrected chi connectivity index (χ2v) is 7.95. The van der Waals surface area contributed by atoms with Gasteiger partial charge in [-0.15, -0.1) is 0 Å². The summed E-state index contributed by atoms with van der Waals surface area (Å²) in [6, 6.07) is 0. The van der Waals surface area contributed by atoms with Gasteiger partial charge in [0, 0.05) is 0 Å². The van der Waals surface area contributed by atoms with Crippen molar-refractivity contribution < 1.29 is 0 Å². The highest BCUT2D eigenvalue weighted by Gasteiger charge is 2.15. The van der Waals surface area contributed by atoms with Gasteiger partial charge in [0.05, 0.1) is 0 Å². The molecule has 0 radical (unpaired) electrons. The molecule has 1 unspecified atom stereocenters. The molecule has 0 spiro atoms. The summed E-state index contributed by atoms with van der Waals surface area (Å²) in [5.74, 6) is 2.05. The van der Waals surface area contributed by atoms with E-state index in [0.29, 0.717) is 0 Å². The molecule has 0 aromatic heterocycles. The predicted octanol–water partition coefficient (Wildman–Crippen LogP) is 8.93. The first-order valence-corrected chi connectivity index (χ1v) is 11.3. The number of rotatable bonds is 18. The van der Waals surface area contributed by atoms with Crippen molar-refractivity contribution >= 4 is 0 Å². The molecule has 0 rings (SSSR count). The highest BCUT2D eigenvalue weighted by Crippen LogP contribution is 2.30. The summed E-state index contributed by atoms with van der Waals surface area (Å²) in [6.07, 6.45) is 24.7. The average Bonchev–Trinajstić information content (AvgIpc) is 2.55. The molecule has 23 heavy (non-hydrogen) atoms. The molecule has 0 aliphatic heterocycles. The first-order valence-electron chi connectivity index (χ1n) is 11.3. The Bertz CT molecular complexity index is 198. The zero-order valence-corrected chi connectivity index (χ0v) is 17.2. The fourth-order valence-electron chi connectivity index (χ4n) is 4.04. The first kappa shape index (κ1) is 23.0. The van der Waals surface area contributed by atoms with Crippen molar-refractivity contribution in [3.63, 3.8) is 0 Å². The summed E-state index contributed by atoms with van der Waals surface area (Å²) in [5.41, 5.74) is 0. The third kappa shape index (κ3) is 15.3. The van der Waals surface area contributed by atoms with Gasteiger partial charge in [0.15, 0.2) is 0 Å². The summed E-state index contributed by atoms with van der Waals surface area (Å²) >= 11 is 0. The Morgan fingerprint density at radius 3 is 1.26 bits per heavy atom. The van der Waals surface area contributed by atoms with Gasteiger partial charge in [-0.3, -0.25) is 0 Å². The fourth-order valence-corrected chi connectivity index (χ4v) is 4.04. The van der Waals surface area contributed by atoms with Gasteiger partial charge in [-0.2, -0.15) is 0 Å². The molecule has 0 aliphatic carbocycles. The van der Waals surface area contributed by atoms with Gasteiger partial charge in [0.2, 0.25) is 0 Å². The Labute approximate surface area is 149 Å². The molecular formula is C23H48. The lowest BCUT2D eigenvalue weighted by Gasteiger charge is -2.24. The van der Waals surface area contributed by atoms with Crippen LogP contribution in [0, 0.1) is 11.8 Å². The van der Waals surface area contributed by atoms with Gasteiger partial charge >= 0.3 is 0 Å². The third-order valence-electron chi connectivity index (χ3n) is 5.51. The summed E-state index contributed by atoms with van der Waals surface area (Å²) in [4.78, 5) is 0. The zero-order chi connectivity index (χ0) is 17.2. The minimum absolute atomic E-state index is 1.02. The maximum atomic E-state index is 2.38. The Balaban J connectivity index is 4.16. The molecule has 0 bridgehead atoms. The van der Waals surface area contributed by atoms with Gasteiger partial charge in [0.1, 0.15) is 0 Å². The van der Waals surface area contributed by atoms with Gasteiger partial charge in [-0.05, 0) is 18.3 Å². The van der Waals surface area contributed by atoms with Gasteiger partial charge in [-0.1, -0.05) is 130 Å². The van der Waals surface area contributed by atoms with Crippen molar-refractivity contribution in [3.8, 4) is 0 Å². The minimum atomic E-state index is 1.02. The standard InChI is InChI=1S/C23H48/c1-5-9-12-13-16-20-22(17-8-4)21-23(18-14-10-6-2)19-15-11-7-3/h22-23H,5-21H2,1-4H3. The maximum absolute atomic E-state index is 2.38. The van der Waals surface area contributed by atoms with Crippen LogP contribution in [0.2, 0.25) is 0 Å². The van der Waals surface area contributed by atoms with Crippen molar-refractivity contribution in [1.82, 2.24) is 0 Å². The highest BCUT2D eigenvalue weighted by molar-refractivity contribution is 4.68. The van der Waals surface area contributed by atoms with E-state index < -0.39 is 0 Å². The van der Waals surface area contributed by atoms with Crippen LogP contribution in [0.3, 0.4) is 0 Å². The molecule has 0 aromatic rings. The lowest BCUT2D eigenvalue weighted by molar-refractivity contribution is 0.287. The van der Waals surface area contributed by atoms with Crippen LogP contribution in [0.4, 0.5) is 0 Å². The topological polar surface area (TPSA) is 0 Å². The van der Waals surface area contributed by atoms with Crippen molar-refractivity contribution in [2.75, 3.05) is 0 Å². The molecular weight excluding hydrogens is 276 g/mol. The quantitative estimate of drug-likeness (QED) is 0.221. The Hall–Kier alpha value is 0. The molecule has 0 fully saturated rings. The average molecular weight is 325 g/mol. The molecule has 0 amide bonds. The van der Waals surface area contributed by atoms with E-state index in [1.807, 2.05) is 0 Å². The zero-order valence-electron chi connectivity index (χ0n) is 17.2. The Morgan fingerprint density at radius 2 is 0.783 bits per heavy atom. The van der Waals surface area contributed by atoms with Crippen LogP contribution in [0.1, 0.15) is 137 Å². The molecule has 1 atom stereocenters. The van der Waals surface area contributed by atoms with Gasteiger partial charge in [-0.25, -0.2) is 0 Å². The van der Waals surface area contributed by atoms with Crippen LogP contribution >= 0.6 is 0 Å². The molecule has 0 nitrogen and oxygen atoms in total. The van der Waals surface area contributed by atoms with Crippen molar-refractivity contribution in [3.05, 3.63) is 0 Å². The fraction of sp³-hybridized carbons (Fsp3) is 1.00. The molecule has 0 saturated carbocycles. The normalized spacial score (nSPS) is 12.9. The molecule has 0 heterocycles. The van der Waals surface area contributed by atoms with Gasteiger partial charge in [0.25, 0.3) is 0 Å². The van der Waals surface area contributed by atoms with Crippen LogP contribution in [0.5, 0.6) is 0 Å². The highest BCUT2D eigenvalue weighted by atomic mass is 14.2. The lowest BCUT2D eigenvalue weighted by atomic mass is 9.82. The molecule has 0 aromatic carbocycles. The molecule has 140 valence electrons. The Kier molecular flexibility index (Phi) is 18.3. The molecule has 0 N–H and O–H groups in total.